The molecule has 6 heteroatoms. The molecular formula is C14H29N3O2S. The zero-order chi connectivity index (χ0) is 14.8. The first-order valence-corrected chi connectivity index (χ1v) is 9.33. The van der Waals surface area contributed by atoms with Crippen LogP contribution in [0.25, 0.3) is 0 Å². The van der Waals surface area contributed by atoms with Crippen molar-refractivity contribution >= 4 is 10.2 Å². The minimum absolute atomic E-state index is 0.0779. The third-order valence-electron chi connectivity index (χ3n) is 4.30. The van der Waals surface area contributed by atoms with Gasteiger partial charge in [-0.2, -0.15) is 17.4 Å². The van der Waals surface area contributed by atoms with E-state index in [1.807, 2.05) is 6.92 Å². The molecule has 1 saturated carbocycles. The fraction of sp³-hybridized carbons (Fsp3) is 1.00. The molecule has 0 aromatic heterocycles. The monoisotopic (exact) mass is 303 g/mol. The Morgan fingerprint density at radius 3 is 2.50 bits per heavy atom. The summed E-state index contributed by atoms with van der Waals surface area (Å²) >= 11 is 0. The largest absolute Gasteiger partial charge is 0.314 e. The van der Waals surface area contributed by atoms with Crippen LogP contribution < -0.4 is 10.0 Å². The second kappa shape index (κ2) is 6.73. The molecule has 0 aromatic carbocycles. The second-order valence-corrected chi connectivity index (χ2v) is 8.38. The maximum Gasteiger partial charge on any atom is 0.279 e. The maximum absolute atomic E-state index is 12.4. The van der Waals surface area contributed by atoms with E-state index < -0.39 is 10.2 Å². The van der Waals surface area contributed by atoms with Crippen LogP contribution >= 0.6 is 0 Å². The first-order chi connectivity index (χ1) is 9.38. The van der Waals surface area contributed by atoms with Gasteiger partial charge in [0.1, 0.15) is 0 Å². The molecular weight excluding hydrogens is 274 g/mol. The molecule has 0 amide bonds. The number of nitrogens with one attached hydrogen (secondary N) is 2. The summed E-state index contributed by atoms with van der Waals surface area (Å²) in [4.78, 5) is 0. The van der Waals surface area contributed by atoms with Gasteiger partial charge < -0.3 is 5.32 Å². The molecule has 1 aliphatic carbocycles. The van der Waals surface area contributed by atoms with Gasteiger partial charge in [0.15, 0.2) is 0 Å². The van der Waals surface area contributed by atoms with Crippen LogP contribution in [0.1, 0.15) is 46.5 Å². The summed E-state index contributed by atoms with van der Waals surface area (Å²) in [5, 5.41) is 3.41. The Balaban J connectivity index is 1.86. The Morgan fingerprint density at radius 2 is 1.90 bits per heavy atom. The van der Waals surface area contributed by atoms with Gasteiger partial charge in [0.05, 0.1) is 0 Å². The van der Waals surface area contributed by atoms with Gasteiger partial charge in [0, 0.05) is 25.2 Å². The summed E-state index contributed by atoms with van der Waals surface area (Å²) in [6, 6.07) is 0.532. The summed E-state index contributed by atoms with van der Waals surface area (Å²) in [5.74, 6) is 0.979. The highest BCUT2D eigenvalue weighted by Gasteiger charge is 2.34. The number of hydrogen-bond donors (Lipinski definition) is 2. The van der Waals surface area contributed by atoms with E-state index in [-0.39, 0.29) is 6.04 Å². The van der Waals surface area contributed by atoms with Crippen molar-refractivity contribution in [2.45, 2.75) is 58.5 Å². The Labute approximate surface area is 123 Å². The summed E-state index contributed by atoms with van der Waals surface area (Å²) in [6.45, 7) is 8.43. The van der Waals surface area contributed by atoms with Crippen molar-refractivity contribution < 1.29 is 8.42 Å². The predicted octanol–water partition coefficient (Wildman–Crippen LogP) is 1.33. The van der Waals surface area contributed by atoms with Crippen molar-refractivity contribution in [2.75, 3.05) is 19.6 Å². The lowest BCUT2D eigenvalue weighted by Crippen LogP contribution is -2.50. The standard InChI is InChI=1S/C14H29N3O2S/c1-11(2)15-9-13-5-4-8-17(10-13)20(18,19)16-12(3)14-6-7-14/h11-16H,4-10H2,1-3H3. The predicted molar refractivity (Wildman–Crippen MR) is 81.7 cm³/mol. The molecule has 2 aliphatic rings. The Kier molecular flexibility index (Phi) is 5.45. The van der Waals surface area contributed by atoms with E-state index in [4.69, 9.17) is 0 Å². The highest BCUT2D eigenvalue weighted by atomic mass is 32.2. The molecule has 118 valence electrons. The van der Waals surface area contributed by atoms with Gasteiger partial charge in [-0.15, -0.1) is 0 Å². The normalized spacial score (nSPS) is 26.9. The molecule has 2 rings (SSSR count). The van der Waals surface area contributed by atoms with E-state index in [0.717, 1.165) is 32.2 Å². The van der Waals surface area contributed by atoms with Crippen LogP contribution in [0.2, 0.25) is 0 Å². The minimum Gasteiger partial charge on any atom is -0.314 e. The first-order valence-electron chi connectivity index (χ1n) is 7.89. The molecule has 0 aromatic rings. The molecule has 20 heavy (non-hydrogen) atoms. The quantitative estimate of drug-likeness (QED) is 0.746. The Morgan fingerprint density at radius 1 is 1.20 bits per heavy atom. The zero-order valence-corrected chi connectivity index (χ0v) is 13.7. The molecule has 2 fully saturated rings. The van der Waals surface area contributed by atoms with Gasteiger partial charge >= 0.3 is 0 Å². The molecule has 2 atom stereocenters. The van der Waals surface area contributed by atoms with E-state index in [2.05, 4.69) is 23.9 Å². The topological polar surface area (TPSA) is 61.4 Å². The van der Waals surface area contributed by atoms with Crippen LogP contribution in [0.15, 0.2) is 0 Å². The lowest BCUT2D eigenvalue weighted by molar-refractivity contribution is 0.253. The molecule has 0 radical (unpaired) electrons. The van der Waals surface area contributed by atoms with Crippen molar-refractivity contribution in [3.8, 4) is 0 Å². The average molecular weight is 303 g/mol. The highest BCUT2D eigenvalue weighted by molar-refractivity contribution is 7.87. The summed E-state index contributed by atoms with van der Waals surface area (Å²) in [5.41, 5.74) is 0. The van der Waals surface area contributed by atoms with Crippen LogP contribution in [0.5, 0.6) is 0 Å². The van der Waals surface area contributed by atoms with E-state index in [1.54, 1.807) is 4.31 Å². The van der Waals surface area contributed by atoms with Crippen LogP contribution in [0.3, 0.4) is 0 Å². The third kappa shape index (κ3) is 4.69. The van der Waals surface area contributed by atoms with Gasteiger partial charge in [-0.25, -0.2) is 0 Å². The average Bonchev–Trinajstić information content (AvgIpc) is 3.20. The zero-order valence-electron chi connectivity index (χ0n) is 12.9. The van der Waals surface area contributed by atoms with Crippen molar-refractivity contribution in [2.24, 2.45) is 11.8 Å². The maximum atomic E-state index is 12.4. The first kappa shape index (κ1) is 16.2. The van der Waals surface area contributed by atoms with Crippen LogP contribution in [0, 0.1) is 11.8 Å². The summed E-state index contributed by atoms with van der Waals surface area (Å²) in [7, 11) is -3.30. The molecule has 2 N–H and O–H groups in total. The van der Waals surface area contributed by atoms with E-state index >= 15 is 0 Å². The van der Waals surface area contributed by atoms with Crippen molar-refractivity contribution in [1.29, 1.82) is 0 Å². The van der Waals surface area contributed by atoms with Crippen molar-refractivity contribution in [3.05, 3.63) is 0 Å². The number of nitrogens with zero attached hydrogens (tertiary/aromatic N) is 1. The molecule has 1 aliphatic heterocycles. The van der Waals surface area contributed by atoms with E-state index in [0.29, 0.717) is 31.0 Å². The van der Waals surface area contributed by atoms with E-state index in [1.165, 1.54) is 0 Å². The lowest BCUT2D eigenvalue weighted by Gasteiger charge is -2.33. The fourth-order valence-electron chi connectivity index (χ4n) is 2.82. The lowest BCUT2D eigenvalue weighted by atomic mass is 9.99. The van der Waals surface area contributed by atoms with Gasteiger partial charge in [0.2, 0.25) is 0 Å². The van der Waals surface area contributed by atoms with E-state index in [9.17, 15) is 8.42 Å². The Bertz CT molecular complexity index is 407. The van der Waals surface area contributed by atoms with Crippen molar-refractivity contribution in [1.82, 2.24) is 14.3 Å². The highest BCUT2D eigenvalue weighted by Crippen LogP contribution is 2.33. The van der Waals surface area contributed by atoms with Gasteiger partial charge in [-0.05, 0) is 51.0 Å². The van der Waals surface area contributed by atoms with Gasteiger partial charge in [-0.3, -0.25) is 0 Å². The second-order valence-electron chi connectivity index (χ2n) is 6.68. The fourth-order valence-corrected chi connectivity index (χ4v) is 4.40. The number of rotatable bonds is 7. The Hall–Kier alpha value is -0.170. The van der Waals surface area contributed by atoms with Crippen LogP contribution in [0.4, 0.5) is 0 Å². The number of piperidine rings is 1. The van der Waals surface area contributed by atoms with Crippen LogP contribution in [-0.2, 0) is 10.2 Å². The molecule has 1 heterocycles. The minimum atomic E-state index is -3.30. The molecule has 0 spiro atoms. The SMILES string of the molecule is CC(C)NCC1CCCN(S(=O)(=O)NC(C)C2CC2)C1. The van der Waals surface area contributed by atoms with Gasteiger partial charge in [0.25, 0.3) is 10.2 Å². The molecule has 0 bridgehead atoms. The van der Waals surface area contributed by atoms with Crippen molar-refractivity contribution in [3.63, 3.8) is 0 Å². The molecule has 2 unspecified atom stereocenters. The summed E-state index contributed by atoms with van der Waals surface area (Å²) in [6.07, 6.45) is 4.39. The van der Waals surface area contributed by atoms with Gasteiger partial charge in [-0.1, -0.05) is 13.8 Å². The summed E-state index contributed by atoms with van der Waals surface area (Å²) < 4.78 is 29.3. The third-order valence-corrected chi connectivity index (χ3v) is 5.98. The number of hydrogen-bond acceptors (Lipinski definition) is 3. The molecule has 5 nitrogen and oxygen atoms in total. The smallest absolute Gasteiger partial charge is 0.279 e. The van der Waals surface area contributed by atoms with Crippen LogP contribution in [-0.4, -0.2) is 44.4 Å². The molecule has 1 saturated heterocycles.